The van der Waals surface area contributed by atoms with Crippen molar-refractivity contribution in [1.82, 2.24) is 15.0 Å². The molecule has 0 saturated carbocycles. The standard InChI is InChI=1S/C15H18N4O/c1-12-17-8-6-15(18-12)19-9-3-5-14(11-19)20-13-4-2-7-16-10-13/h2,4,6-8,10,14H,3,5,9,11H2,1H3. The molecule has 3 rings (SSSR count). The third-order valence-corrected chi connectivity index (χ3v) is 3.40. The monoisotopic (exact) mass is 270 g/mol. The van der Waals surface area contributed by atoms with E-state index in [1.807, 2.05) is 31.3 Å². The van der Waals surface area contributed by atoms with Crippen LogP contribution in [0.3, 0.4) is 0 Å². The highest BCUT2D eigenvalue weighted by atomic mass is 16.5. The number of pyridine rings is 1. The second-order valence-electron chi connectivity index (χ2n) is 4.98. The number of aryl methyl sites for hydroxylation is 1. The molecule has 0 amide bonds. The Balaban J connectivity index is 1.67. The van der Waals surface area contributed by atoms with E-state index in [1.54, 1.807) is 12.4 Å². The van der Waals surface area contributed by atoms with E-state index in [4.69, 9.17) is 4.74 Å². The number of hydrogen-bond acceptors (Lipinski definition) is 5. The van der Waals surface area contributed by atoms with Gasteiger partial charge in [-0.1, -0.05) is 0 Å². The van der Waals surface area contributed by atoms with Crippen molar-refractivity contribution >= 4 is 5.82 Å². The van der Waals surface area contributed by atoms with Crippen LogP contribution < -0.4 is 9.64 Å². The second-order valence-corrected chi connectivity index (χ2v) is 4.98. The molecule has 0 aliphatic carbocycles. The first-order chi connectivity index (χ1) is 9.81. The maximum atomic E-state index is 5.99. The van der Waals surface area contributed by atoms with Crippen molar-refractivity contribution in [2.45, 2.75) is 25.9 Å². The molecule has 2 aromatic rings. The van der Waals surface area contributed by atoms with E-state index in [0.29, 0.717) is 0 Å². The molecule has 0 bridgehead atoms. The Hall–Kier alpha value is -2.17. The number of aromatic nitrogens is 3. The Bertz CT molecular complexity index is 561. The summed E-state index contributed by atoms with van der Waals surface area (Å²) in [5.41, 5.74) is 0. The zero-order valence-corrected chi connectivity index (χ0v) is 11.6. The molecule has 0 aromatic carbocycles. The van der Waals surface area contributed by atoms with Gasteiger partial charge in [-0.25, -0.2) is 9.97 Å². The number of piperidine rings is 1. The average Bonchev–Trinajstić information content (AvgIpc) is 2.49. The fourth-order valence-corrected chi connectivity index (χ4v) is 2.47. The van der Waals surface area contributed by atoms with Crippen LogP contribution >= 0.6 is 0 Å². The maximum absolute atomic E-state index is 5.99. The van der Waals surface area contributed by atoms with Gasteiger partial charge in [-0.15, -0.1) is 0 Å². The first-order valence-electron chi connectivity index (χ1n) is 6.92. The normalized spacial score (nSPS) is 18.9. The Morgan fingerprint density at radius 1 is 1.30 bits per heavy atom. The van der Waals surface area contributed by atoms with Crippen molar-refractivity contribution in [2.75, 3.05) is 18.0 Å². The van der Waals surface area contributed by atoms with Gasteiger partial charge in [-0.05, 0) is 38.0 Å². The maximum Gasteiger partial charge on any atom is 0.138 e. The molecule has 2 aromatic heterocycles. The molecule has 1 unspecified atom stereocenters. The Morgan fingerprint density at radius 3 is 3.05 bits per heavy atom. The van der Waals surface area contributed by atoms with E-state index < -0.39 is 0 Å². The summed E-state index contributed by atoms with van der Waals surface area (Å²) >= 11 is 0. The van der Waals surface area contributed by atoms with E-state index in [0.717, 1.165) is 43.3 Å². The third-order valence-electron chi connectivity index (χ3n) is 3.40. The van der Waals surface area contributed by atoms with Gasteiger partial charge in [0.05, 0.1) is 12.7 Å². The van der Waals surface area contributed by atoms with Crippen molar-refractivity contribution in [3.8, 4) is 5.75 Å². The lowest BCUT2D eigenvalue weighted by Gasteiger charge is -2.33. The van der Waals surface area contributed by atoms with Crippen molar-refractivity contribution in [2.24, 2.45) is 0 Å². The fourth-order valence-electron chi connectivity index (χ4n) is 2.47. The van der Waals surface area contributed by atoms with Gasteiger partial charge >= 0.3 is 0 Å². The Morgan fingerprint density at radius 2 is 2.25 bits per heavy atom. The summed E-state index contributed by atoms with van der Waals surface area (Å²) in [6.45, 7) is 3.78. The van der Waals surface area contributed by atoms with Crippen molar-refractivity contribution < 1.29 is 4.74 Å². The van der Waals surface area contributed by atoms with Crippen LogP contribution in [-0.2, 0) is 0 Å². The summed E-state index contributed by atoms with van der Waals surface area (Å²) in [5, 5.41) is 0. The van der Waals surface area contributed by atoms with Gasteiger partial charge < -0.3 is 9.64 Å². The summed E-state index contributed by atoms with van der Waals surface area (Å²) < 4.78 is 5.99. The minimum absolute atomic E-state index is 0.184. The number of nitrogens with zero attached hydrogens (tertiary/aromatic N) is 4. The van der Waals surface area contributed by atoms with Crippen LogP contribution in [0.2, 0.25) is 0 Å². The summed E-state index contributed by atoms with van der Waals surface area (Å²) in [6.07, 6.45) is 7.67. The van der Waals surface area contributed by atoms with Crippen LogP contribution in [0.4, 0.5) is 5.82 Å². The zero-order valence-electron chi connectivity index (χ0n) is 11.6. The minimum Gasteiger partial charge on any atom is -0.487 e. The molecule has 1 saturated heterocycles. The predicted octanol–water partition coefficient (Wildman–Crippen LogP) is 2.23. The van der Waals surface area contributed by atoms with Crippen molar-refractivity contribution in [3.05, 3.63) is 42.6 Å². The van der Waals surface area contributed by atoms with Crippen molar-refractivity contribution in [1.29, 1.82) is 0 Å². The van der Waals surface area contributed by atoms with Gasteiger partial charge in [0.25, 0.3) is 0 Å². The minimum atomic E-state index is 0.184. The van der Waals surface area contributed by atoms with Gasteiger partial charge in [0.1, 0.15) is 23.5 Å². The Labute approximate surface area is 118 Å². The molecule has 1 atom stereocenters. The summed E-state index contributed by atoms with van der Waals surface area (Å²) in [7, 11) is 0. The number of rotatable bonds is 3. The average molecular weight is 270 g/mol. The van der Waals surface area contributed by atoms with E-state index in [9.17, 15) is 0 Å². The van der Waals surface area contributed by atoms with Crippen LogP contribution in [0.1, 0.15) is 18.7 Å². The van der Waals surface area contributed by atoms with E-state index in [-0.39, 0.29) is 6.10 Å². The third kappa shape index (κ3) is 3.04. The molecule has 5 nitrogen and oxygen atoms in total. The van der Waals surface area contributed by atoms with E-state index in [2.05, 4.69) is 19.9 Å². The van der Waals surface area contributed by atoms with E-state index in [1.165, 1.54) is 0 Å². The first-order valence-corrected chi connectivity index (χ1v) is 6.92. The molecule has 5 heteroatoms. The topological polar surface area (TPSA) is 51.1 Å². The highest BCUT2D eigenvalue weighted by molar-refractivity contribution is 5.38. The largest absolute Gasteiger partial charge is 0.487 e. The van der Waals surface area contributed by atoms with Crippen LogP contribution in [0.25, 0.3) is 0 Å². The molecule has 0 N–H and O–H groups in total. The van der Waals surface area contributed by atoms with Crippen LogP contribution in [0.5, 0.6) is 5.75 Å². The van der Waals surface area contributed by atoms with Gasteiger partial charge in [0.2, 0.25) is 0 Å². The molecular formula is C15H18N4O. The number of anilines is 1. The molecule has 3 heterocycles. The highest BCUT2D eigenvalue weighted by Crippen LogP contribution is 2.21. The van der Waals surface area contributed by atoms with Crippen LogP contribution in [0.15, 0.2) is 36.8 Å². The molecule has 1 aliphatic rings. The van der Waals surface area contributed by atoms with Gasteiger partial charge in [0.15, 0.2) is 0 Å². The quantitative estimate of drug-likeness (QED) is 0.856. The molecule has 20 heavy (non-hydrogen) atoms. The Kier molecular flexibility index (Phi) is 3.76. The summed E-state index contributed by atoms with van der Waals surface area (Å²) in [5.74, 6) is 2.62. The van der Waals surface area contributed by atoms with Gasteiger partial charge in [0, 0.05) is 18.9 Å². The van der Waals surface area contributed by atoms with E-state index >= 15 is 0 Å². The first kappa shape index (κ1) is 12.8. The number of hydrogen-bond donors (Lipinski definition) is 0. The lowest BCUT2D eigenvalue weighted by molar-refractivity contribution is 0.178. The van der Waals surface area contributed by atoms with Crippen molar-refractivity contribution in [3.63, 3.8) is 0 Å². The molecule has 1 fully saturated rings. The molecule has 104 valence electrons. The predicted molar refractivity (Wildman–Crippen MR) is 76.9 cm³/mol. The lowest BCUT2D eigenvalue weighted by Crippen LogP contribution is -2.41. The second kappa shape index (κ2) is 5.86. The van der Waals surface area contributed by atoms with Crippen LogP contribution in [0, 0.1) is 6.92 Å². The zero-order chi connectivity index (χ0) is 13.8. The molecule has 0 radical (unpaired) electrons. The molecule has 0 spiro atoms. The summed E-state index contributed by atoms with van der Waals surface area (Å²) in [6, 6.07) is 5.80. The fraction of sp³-hybridized carbons (Fsp3) is 0.400. The lowest BCUT2D eigenvalue weighted by atomic mass is 10.1. The highest BCUT2D eigenvalue weighted by Gasteiger charge is 2.22. The van der Waals surface area contributed by atoms with Crippen LogP contribution in [-0.4, -0.2) is 34.1 Å². The SMILES string of the molecule is Cc1nccc(N2CCCC(Oc3cccnc3)C2)n1. The smallest absolute Gasteiger partial charge is 0.138 e. The summed E-state index contributed by atoms with van der Waals surface area (Å²) in [4.78, 5) is 15.0. The molecule has 1 aliphatic heterocycles. The van der Waals surface area contributed by atoms with Gasteiger partial charge in [-0.3, -0.25) is 4.98 Å². The van der Waals surface area contributed by atoms with Gasteiger partial charge in [-0.2, -0.15) is 0 Å². The molecular weight excluding hydrogens is 252 g/mol. The number of ether oxygens (including phenoxy) is 1.